The van der Waals surface area contributed by atoms with E-state index in [9.17, 15) is 0 Å². The highest BCUT2D eigenvalue weighted by molar-refractivity contribution is 5.99. The van der Waals surface area contributed by atoms with Crippen molar-refractivity contribution >= 4 is 5.71 Å². The van der Waals surface area contributed by atoms with Crippen molar-refractivity contribution in [1.82, 2.24) is 0 Å². The zero-order chi connectivity index (χ0) is 9.90. The molecule has 0 amide bonds. The van der Waals surface area contributed by atoms with Crippen LogP contribution in [0, 0.1) is 5.41 Å². The van der Waals surface area contributed by atoms with Crippen molar-refractivity contribution in [3.8, 4) is 0 Å². The van der Waals surface area contributed by atoms with Crippen LogP contribution in [0.5, 0.6) is 0 Å². The Bertz CT molecular complexity index is 327. The van der Waals surface area contributed by atoms with Crippen LogP contribution in [0.1, 0.15) is 26.3 Å². The van der Waals surface area contributed by atoms with E-state index in [0.717, 1.165) is 5.56 Å². The highest BCUT2D eigenvalue weighted by Crippen LogP contribution is 2.19. The molecular weight excluding hydrogens is 160 g/mol. The zero-order valence-corrected chi connectivity index (χ0v) is 8.28. The van der Waals surface area contributed by atoms with Crippen LogP contribution in [0.25, 0.3) is 5.53 Å². The maximum Gasteiger partial charge on any atom is 0.304 e. The average Bonchev–Trinajstić information content (AvgIpc) is 2.05. The second-order valence-corrected chi connectivity index (χ2v) is 4.06. The maximum absolute atomic E-state index is 8.90. The first-order valence-corrected chi connectivity index (χ1v) is 4.33. The summed E-state index contributed by atoms with van der Waals surface area (Å²) in [6, 6.07) is 9.71. The fraction of sp³-hybridized carbons (Fsp3) is 0.364. The van der Waals surface area contributed by atoms with Gasteiger partial charge in [0.05, 0.1) is 11.0 Å². The highest BCUT2D eigenvalue weighted by atomic mass is 14.9. The molecule has 2 heteroatoms. The number of nitrogens with zero attached hydrogens (tertiary/aromatic N) is 2. The lowest BCUT2D eigenvalue weighted by atomic mass is 9.86. The molecule has 0 radical (unpaired) electrons. The normalized spacial score (nSPS) is 10.7. The molecule has 0 spiro atoms. The lowest BCUT2D eigenvalue weighted by Gasteiger charge is -2.11. The summed E-state index contributed by atoms with van der Waals surface area (Å²) >= 11 is 0. The molecule has 1 aromatic rings. The van der Waals surface area contributed by atoms with Gasteiger partial charge in [0.1, 0.15) is 0 Å². The molecule has 0 bridgehead atoms. The smallest absolute Gasteiger partial charge is 0.304 e. The van der Waals surface area contributed by atoms with Gasteiger partial charge < -0.3 is 5.53 Å². The van der Waals surface area contributed by atoms with Gasteiger partial charge in [-0.05, 0) is 32.9 Å². The summed E-state index contributed by atoms with van der Waals surface area (Å²) in [7, 11) is 0. The van der Waals surface area contributed by atoms with Gasteiger partial charge in [-0.1, -0.05) is 18.2 Å². The Morgan fingerprint density at radius 3 is 2.08 bits per heavy atom. The van der Waals surface area contributed by atoms with E-state index in [4.69, 9.17) is 5.53 Å². The molecule has 0 N–H and O–H groups in total. The second kappa shape index (κ2) is 3.55. The van der Waals surface area contributed by atoms with Gasteiger partial charge in [0.25, 0.3) is 0 Å². The van der Waals surface area contributed by atoms with Gasteiger partial charge in [-0.15, -0.1) is 0 Å². The van der Waals surface area contributed by atoms with Gasteiger partial charge in [-0.25, -0.2) is 0 Å². The molecule has 0 saturated carbocycles. The first kappa shape index (κ1) is 9.69. The fourth-order valence-corrected chi connectivity index (χ4v) is 1.24. The molecular formula is C11H14N2. The third-order valence-corrected chi connectivity index (χ3v) is 1.86. The Hall–Kier alpha value is -1.40. The van der Waals surface area contributed by atoms with Crippen molar-refractivity contribution in [2.45, 2.75) is 20.8 Å². The van der Waals surface area contributed by atoms with Crippen molar-refractivity contribution in [3.63, 3.8) is 0 Å². The molecule has 0 fully saturated rings. The summed E-state index contributed by atoms with van der Waals surface area (Å²) in [5.41, 5.74) is 10.5. The fourth-order valence-electron chi connectivity index (χ4n) is 1.24. The van der Waals surface area contributed by atoms with Gasteiger partial charge in [0, 0.05) is 0 Å². The van der Waals surface area contributed by atoms with Gasteiger partial charge >= 0.3 is 5.71 Å². The molecule has 0 saturated heterocycles. The number of benzene rings is 1. The first-order valence-electron chi connectivity index (χ1n) is 4.33. The van der Waals surface area contributed by atoms with Crippen molar-refractivity contribution < 1.29 is 4.79 Å². The van der Waals surface area contributed by atoms with Crippen LogP contribution in [-0.2, 0) is 0 Å². The van der Waals surface area contributed by atoms with E-state index in [1.165, 1.54) is 0 Å². The van der Waals surface area contributed by atoms with Crippen molar-refractivity contribution in [2.75, 3.05) is 0 Å². The molecule has 0 heterocycles. The largest absolute Gasteiger partial charge is 0.361 e. The van der Waals surface area contributed by atoms with E-state index in [-0.39, 0.29) is 5.41 Å². The molecule has 68 valence electrons. The summed E-state index contributed by atoms with van der Waals surface area (Å²) in [6.45, 7) is 6.07. The molecule has 0 unspecified atom stereocenters. The predicted octanol–water partition coefficient (Wildman–Crippen LogP) is 2.75. The third kappa shape index (κ3) is 2.27. The highest BCUT2D eigenvalue weighted by Gasteiger charge is 2.28. The summed E-state index contributed by atoms with van der Waals surface area (Å²) in [5.74, 6) is 0. The van der Waals surface area contributed by atoms with E-state index in [0.29, 0.717) is 5.71 Å². The van der Waals surface area contributed by atoms with Crippen molar-refractivity contribution in [1.29, 1.82) is 0 Å². The standard InChI is InChI=1S/C11H14N2/c1-11(2,3)10(13-12)9-7-5-4-6-8-9/h4-8H,1-3H3. The van der Waals surface area contributed by atoms with Crippen molar-refractivity contribution in [2.24, 2.45) is 5.41 Å². The monoisotopic (exact) mass is 174 g/mol. The molecule has 0 atom stereocenters. The average molecular weight is 174 g/mol. The van der Waals surface area contributed by atoms with E-state index < -0.39 is 0 Å². The van der Waals surface area contributed by atoms with Crippen LogP contribution in [0.4, 0.5) is 0 Å². The van der Waals surface area contributed by atoms with Gasteiger partial charge in [0.2, 0.25) is 0 Å². The number of hydrogen-bond acceptors (Lipinski definition) is 0. The topological polar surface area (TPSA) is 36.4 Å². The molecule has 1 aromatic carbocycles. The van der Waals surface area contributed by atoms with Crippen LogP contribution in [0.15, 0.2) is 30.3 Å². The van der Waals surface area contributed by atoms with Crippen LogP contribution in [-0.4, -0.2) is 10.5 Å². The minimum atomic E-state index is -0.129. The van der Waals surface area contributed by atoms with Crippen LogP contribution in [0.3, 0.4) is 0 Å². The number of rotatable bonds is 1. The Kier molecular flexibility index (Phi) is 2.64. The minimum Gasteiger partial charge on any atom is -0.361 e. The molecule has 0 aliphatic heterocycles. The molecule has 0 aliphatic carbocycles. The quantitative estimate of drug-likeness (QED) is 0.356. The summed E-state index contributed by atoms with van der Waals surface area (Å²) in [6.07, 6.45) is 0. The Morgan fingerprint density at radius 2 is 1.69 bits per heavy atom. The minimum absolute atomic E-state index is 0.129. The van der Waals surface area contributed by atoms with Crippen LogP contribution < -0.4 is 0 Å². The molecule has 0 aliphatic rings. The van der Waals surface area contributed by atoms with Crippen LogP contribution >= 0.6 is 0 Å². The third-order valence-electron chi connectivity index (χ3n) is 1.86. The van der Waals surface area contributed by atoms with Gasteiger partial charge in [-0.3, -0.25) is 0 Å². The maximum atomic E-state index is 8.90. The Morgan fingerprint density at radius 1 is 1.15 bits per heavy atom. The van der Waals surface area contributed by atoms with Crippen molar-refractivity contribution in [3.05, 3.63) is 41.4 Å². The summed E-state index contributed by atoms with van der Waals surface area (Å²) in [5, 5.41) is 0. The van der Waals surface area contributed by atoms with Crippen LogP contribution in [0.2, 0.25) is 0 Å². The summed E-state index contributed by atoms with van der Waals surface area (Å²) < 4.78 is 0. The van der Waals surface area contributed by atoms with Gasteiger partial charge in [-0.2, -0.15) is 4.79 Å². The Balaban J connectivity index is 3.15. The first-order chi connectivity index (χ1) is 6.05. The summed E-state index contributed by atoms with van der Waals surface area (Å²) in [4.78, 5) is 3.35. The predicted molar refractivity (Wildman–Crippen MR) is 53.6 cm³/mol. The molecule has 1 rings (SSSR count). The van der Waals surface area contributed by atoms with E-state index in [1.807, 2.05) is 51.1 Å². The number of hydrogen-bond donors (Lipinski definition) is 0. The second-order valence-electron chi connectivity index (χ2n) is 4.06. The molecule has 0 aromatic heterocycles. The van der Waals surface area contributed by atoms with E-state index >= 15 is 0 Å². The Labute approximate surface area is 78.8 Å². The zero-order valence-electron chi connectivity index (χ0n) is 8.28. The lowest BCUT2D eigenvalue weighted by Crippen LogP contribution is -2.22. The molecule has 13 heavy (non-hydrogen) atoms. The van der Waals surface area contributed by atoms with E-state index in [1.54, 1.807) is 0 Å². The lowest BCUT2D eigenvalue weighted by molar-refractivity contribution is -0.0156. The molecule has 2 nitrogen and oxygen atoms in total. The van der Waals surface area contributed by atoms with Gasteiger partial charge in [0.15, 0.2) is 0 Å². The van der Waals surface area contributed by atoms with E-state index in [2.05, 4.69) is 4.79 Å². The SMILES string of the molecule is CC(C)(C)C(=[N+]=[N-])c1ccccc1.